The van der Waals surface area contributed by atoms with Crippen molar-refractivity contribution in [3.8, 4) is 17.2 Å². The predicted octanol–water partition coefficient (Wildman–Crippen LogP) is 6.48. The zero-order valence-corrected chi connectivity index (χ0v) is 19.5. The van der Waals surface area contributed by atoms with Gasteiger partial charge in [0.1, 0.15) is 0 Å². The van der Waals surface area contributed by atoms with Gasteiger partial charge in [-0.25, -0.2) is 0 Å². The molecule has 1 atom stereocenters. The molecule has 1 aliphatic rings. The highest BCUT2D eigenvalue weighted by molar-refractivity contribution is 6.30. The molecule has 0 N–H and O–H groups in total. The van der Waals surface area contributed by atoms with Crippen molar-refractivity contribution in [3.05, 3.63) is 123 Å². The Balaban J connectivity index is 1.57. The molecule has 0 aliphatic carbocycles. The zero-order valence-electron chi connectivity index (χ0n) is 18.7. The van der Waals surface area contributed by atoms with Gasteiger partial charge in [-0.1, -0.05) is 54.1 Å². The second-order valence-electron chi connectivity index (χ2n) is 8.62. The Kier molecular flexibility index (Phi) is 5.88. The minimum absolute atomic E-state index is 0.170. The summed E-state index contributed by atoms with van der Waals surface area (Å²) in [4.78, 5) is 4.95. The number of aryl methyl sites for hydroxylation is 1. The summed E-state index contributed by atoms with van der Waals surface area (Å²) >= 11 is 6.17. The molecule has 3 aromatic carbocycles. The van der Waals surface area contributed by atoms with Crippen LogP contribution in [0.3, 0.4) is 0 Å². The number of aliphatic imine (C=N–C) groups is 1. The van der Waals surface area contributed by atoms with Crippen molar-refractivity contribution in [3.63, 3.8) is 0 Å². The smallest absolute Gasteiger partial charge is 0.201 e. The van der Waals surface area contributed by atoms with Crippen LogP contribution in [0.1, 0.15) is 33.9 Å². The van der Waals surface area contributed by atoms with E-state index in [0.29, 0.717) is 33.8 Å². The molecule has 0 unspecified atom stereocenters. The minimum atomic E-state index is -0.170. The highest BCUT2D eigenvalue weighted by atomic mass is 35.5. The third-order valence-electron chi connectivity index (χ3n) is 6.28. The Labute approximate surface area is 204 Å². The van der Waals surface area contributed by atoms with E-state index in [1.807, 2.05) is 30.3 Å². The van der Waals surface area contributed by atoms with Gasteiger partial charge in [0.05, 0.1) is 23.2 Å². The Morgan fingerprint density at radius 2 is 1.88 bits per heavy atom. The fraction of sp³-hybridized carbons (Fsp3) is 0.138. The molecule has 4 nitrogen and oxygen atoms in total. The summed E-state index contributed by atoms with van der Waals surface area (Å²) < 4.78 is 0.918. The van der Waals surface area contributed by atoms with Gasteiger partial charge in [0.2, 0.25) is 5.69 Å². The molecule has 0 radical (unpaired) electrons. The number of aromatic nitrogens is 1. The van der Waals surface area contributed by atoms with Crippen molar-refractivity contribution in [1.82, 2.24) is 0 Å². The van der Waals surface area contributed by atoms with E-state index in [1.54, 1.807) is 18.2 Å². The fourth-order valence-corrected chi connectivity index (χ4v) is 4.71. The van der Waals surface area contributed by atoms with Gasteiger partial charge in [-0.05, 0) is 60.4 Å². The summed E-state index contributed by atoms with van der Waals surface area (Å²) in [5.74, 6) is -0.170. The van der Waals surface area contributed by atoms with Crippen molar-refractivity contribution in [2.24, 2.45) is 4.99 Å². The molecule has 1 aromatic heterocycles. The van der Waals surface area contributed by atoms with Gasteiger partial charge in [-0.15, -0.1) is 0 Å². The second kappa shape index (κ2) is 9.13. The Bertz CT molecular complexity index is 1450. The summed E-state index contributed by atoms with van der Waals surface area (Å²) in [7, 11) is 0. The molecule has 34 heavy (non-hydrogen) atoms. The lowest BCUT2D eigenvalue weighted by molar-refractivity contribution is -0.614. The average molecular weight is 464 g/mol. The molecule has 0 bridgehead atoms. The van der Waals surface area contributed by atoms with Crippen molar-refractivity contribution >= 4 is 23.0 Å². The predicted molar refractivity (Wildman–Crippen MR) is 135 cm³/mol. The van der Waals surface area contributed by atoms with Gasteiger partial charge in [0, 0.05) is 34.3 Å². The fourth-order valence-electron chi connectivity index (χ4n) is 4.54. The van der Waals surface area contributed by atoms with Crippen LogP contribution in [0.25, 0.3) is 11.1 Å². The van der Waals surface area contributed by atoms with Gasteiger partial charge in [0.25, 0.3) is 0 Å². The van der Waals surface area contributed by atoms with Crippen LogP contribution in [0.5, 0.6) is 0 Å². The summed E-state index contributed by atoms with van der Waals surface area (Å²) in [5.41, 5.74) is 7.89. The lowest BCUT2D eigenvalue weighted by atomic mass is 9.88. The molecule has 1 aliphatic heterocycles. The van der Waals surface area contributed by atoms with Gasteiger partial charge >= 0.3 is 0 Å². The lowest BCUT2D eigenvalue weighted by Crippen LogP contribution is -2.36. The normalized spacial score (nSPS) is 13.1. The number of nitriles is 1. The van der Waals surface area contributed by atoms with Crippen LogP contribution in [-0.4, -0.2) is 5.71 Å². The van der Waals surface area contributed by atoms with Crippen LogP contribution in [0.4, 0.5) is 5.69 Å². The number of hydrogen-bond donors (Lipinski definition) is 0. The SMILES string of the molecule is Cc1ccc2c(c1)N=C([C@@H](Cc1ccccc1)c1ccc(-c3cc(Cl)ccc3C#N)c[n+]1[O-])C2. The molecule has 0 fully saturated rings. The van der Waals surface area contributed by atoms with Gasteiger partial charge in [-0.2, -0.15) is 9.99 Å². The van der Waals surface area contributed by atoms with Crippen molar-refractivity contribution in [1.29, 1.82) is 5.26 Å². The first-order chi connectivity index (χ1) is 16.5. The van der Waals surface area contributed by atoms with E-state index in [4.69, 9.17) is 16.6 Å². The number of benzene rings is 3. The Morgan fingerprint density at radius 3 is 2.65 bits per heavy atom. The quantitative estimate of drug-likeness (QED) is 0.251. The van der Waals surface area contributed by atoms with Crippen molar-refractivity contribution < 1.29 is 4.73 Å². The van der Waals surface area contributed by atoms with Crippen LogP contribution >= 0.6 is 11.6 Å². The first-order valence-electron chi connectivity index (χ1n) is 11.2. The molecule has 5 rings (SSSR count). The van der Waals surface area contributed by atoms with E-state index in [1.165, 1.54) is 17.3 Å². The van der Waals surface area contributed by atoms with Crippen molar-refractivity contribution in [2.45, 2.75) is 25.7 Å². The maximum Gasteiger partial charge on any atom is 0.201 e. The number of nitrogens with zero attached hydrogens (tertiary/aromatic N) is 3. The van der Waals surface area contributed by atoms with Gasteiger partial charge < -0.3 is 5.21 Å². The molecule has 2 heterocycles. The molecule has 4 aromatic rings. The van der Waals surface area contributed by atoms with E-state index in [-0.39, 0.29) is 5.92 Å². The third kappa shape index (κ3) is 4.31. The highest BCUT2D eigenvalue weighted by Crippen LogP contribution is 2.34. The number of fused-ring (bicyclic) bond motifs is 1. The molecule has 0 saturated carbocycles. The summed E-state index contributed by atoms with van der Waals surface area (Å²) in [6.07, 6.45) is 2.93. The molecule has 166 valence electrons. The maximum atomic E-state index is 13.4. The van der Waals surface area contributed by atoms with Gasteiger partial charge in [0.15, 0.2) is 6.20 Å². The molecule has 5 heteroatoms. The zero-order chi connectivity index (χ0) is 23.7. The van der Waals surface area contributed by atoms with E-state index in [0.717, 1.165) is 28.1 Å². The summed E-state index contributed by atoms with van der Waals surface area (Å²) in [5, 5.41) is 23.4. The minimum Gasteiger partial charge on any atom is -0.618 e. The molecular weight excluding hydrogens is 442 g/mol. The molecule has 0 saturated heterocycles. The number of halogens is 1. The van der Waals surface area contributed by atoms with Crippen LogP contribution in [0.15, 0.2) is 90.1 Å². The van der Waals surface area contributed by atoms with Crippen LogP contribution in [-0.2, 0) is 12.8 Å². The number of rotatable bonds is 5. The van der Waals surface area contributed by atoms with Gasteiger partial charge in [-0.3, -0.25) is 4.99 Å². The van der Waals surface area contributed by atoms with Crippen LogP contribution < -0.4 is 4.73 Å². The average Bonchev–Trinajstić information content (AvgIpc) is 3.26. The first-order valence-corrected chi connectivity index (χ1v) is 11.5. The Hall–Kier alpha value is -3.94. The maximum absolute atomic E-state index is 13.4. The molecule has 0 amide bonds. The van der Waals surface area contributed by atoms with E-state index < -0.39 is 0 Å². The van der Waals surface area contributed by atoms with E-state index in [9.17, 15) is 10.5 Å². The third-order valence-corrected chi connectivity index (χ3v) is 6.51. The first kappa shape index (κ1) is 21.9. The van der Waals surface area contributed by atoms with E-state index in [2.05, 4.69) is 43.3 Å². The summed E-state index contributed by atoms with van der Waals surface area (Å²) in [6, 6.07) is 27.5. The largest absolute Gasteiger partial charge is 0.618 e. The molecule has 0 spiro atoms. The lowest BCUT2D eigenvalue weighted by Gasteiger charge is -2.18. The standard InChI is InChI=1S/C29H22ClN3O/c1-19-7-8-21-15-28(32-27(21)13-19)26(14-20-5-3-2-4-6-20)29-12-10-23(18-33(29)34)25-16-24(30)11-9-22(25)17-31/h2-13,16,18,26H,14-15H2,1H3/t26-/m1/s1. The summed E-state index contributed by atoms with van der Waals surface area (Å²) in [6.45, 7) is 2.06. The Morgan fingerprint density at radius 1 is 1.06 bits per heavy atom. The monoisotopic (exact) mass is 463 g/mol. The second-order valence-corrected chi connectivity index (χ2v) is 9.06. The number of hydrogen-bond acceptors (Lipinski definition) is 3. The highest BCUT2D eigenvalue weighted by Gasteiger charge is 2.30. The number of pyridine rings is 1. The van der Waals surface area contributed by atoms with Crippen molar-refractivity contribution in [2.75, 3.05) is 0 Å². The van der Waals surface area contributed by atoms with Crippen LogP contribution in [0.2, 0.25) is 5.02 Å². The van der Waals surface area contributed by atoms with E-state index >= 15 is 0 Å². The topological polar surface area (TPSA) is 63.1 Å². The van der Waals surface area contributed by atoms with Crippen LogP contribution in [0, 0.1) is 23.5 Å². The molecular formula is C29H22ClN3O.